The van der Waals surface area contributed by atoms with E-state index < -0.39 is 35.3 Å². The fourth-order valence-electron chi connectivity index (χ4n) is 3.98. The maximum Gasteiger partial charge on any atom is 0.411 e. The van der Waals surface area contributed by atoms with Gasteiger partial charge in [0.1, 0.15) is 22.7 Å². The molecule has 15 nitrogen and oxygen atoms in total. The Balaban J connectivity index is 1.88. The predicted octanol–water partition coefficient (Wildman–Crippen LogP) is 4.56. The zero-order chi connectivity index (χ0) is 34.2. The Morgan fingerprint density at radius 1 is 1.00 bits per heavy atom. The maximum atomic E-state index is 13.0. The molecule has 0 atom stereocenters. The van der Waals surface area contributed by atoms with Crippen molar-refractivity contribution >= 4 is 52.9 Å². The lowest BCUT2D eigenvalue weighted by molar-refractivity contribution is -0.110. The minimum Gasteiger partial charge on any atom is -0.477 e. The maximum absolute atomic E-state index is 13.0. The van der Waals surface area contributed by atoms with Crippen LogP contribution < -0.4 is 16.0 Å². The number of carbonyl (C=O) groups excluding carboxylic acids is 4. The molecule has 0 aromatic carbocycles. The van der Waals surface area contributed by atoms with Gasteiger partial charge in [0.05, 0.1) is 41.4 Å². The smallest absolute Gasteiger partial charge is 0.411 e. The van der Waals surface area contributed by atoms with Gasteiger partial charge in [0.25, 0.3) is 5.91 Å². The lowest BCUT2D eigenvalue weighted by atomic mass is 10.1. The highest BCUT2D eigenvalue weighted by molar-refractivity contribution is 6.34. The Bertz CT molecular complexity index is 1560. The molecule has 1 aliphatic heterocycles. The number of anilines is 1. The van der Waals surface area contributed by atoms with E-state index in [2.05, 4.69) is 30.9 Å². The summed E-state index contributed by atoms with van der Waals surface area (Å²) in [5, 5.41) is 16.5. The van der Waals surface area contributed by atoms with Crippen LogP contribution in [-0.2, 0) is 23.7 Å². The number of nitrogens with zero attached hydrogens (tertiary/aromatic N) is 2. The zero-order valence-corrected chi connectivity index (χ0v) is 27.3. The number of fused-ring (bicyclic) bond motifs is 1. The number of hydrogen-bond donors (Lipinski definition) is 5. The first-order valence-corrected chi connectivity index (χ1v) is 14.6. The summed E-state index contributed by atoms with van der Waals surface area (Å²) in [6.45, 7) is 14.2. The van der Waals surface area contributed by atoms with Gasteiger partial charge in [-0.25, -0.2) is 24.4 Å². The highest BCUT2D eigenvalue weighted by atomic mass is 16.6. The van der Waals surface area contributed by atoms with Crippen molar-refractivity contribution in [3.63, 3.8) is 0 Å². The Labute approximate surface area is 267 Å². The molecule has 2 aromatic rings. The van der Waals surface area contributed by atoms with E-state index in [-0.39, 0.29) is 59.6 Å². The number of hydrogen-bond acceptors (Lipinski definition) is 11. The summed E-state index contributed by atoms with van der Waals surface area (Å²) in [4.78, 5) is 61.5. The van der Waals surface area contributed by atoms with E-state index in [1.54, 1.807) is 67.5 Å². The average molecular weight is 640 g/mol. The molecule has 0 radical (unpaired) electrons. The quantitative estimate of drug-likeness (QED) is 0.0612. The number of carbonyl (C=O) groups is 4. The van der Waals surface area contributed by atoms with E-state index in [1.807, 2.05) is 0 Å². The second kappa shape index (κ2) is 14.7. The molecule has 0 saturated carbocycles. The van der Waals surface area contributed by atoms with Crippen LogP contribution in [0.1, 0.15) is 88.3 Å². The molecule has 0 bridgehead atoms. The molecule has 0 unspecified atom stereocenters. The van der Waals surface area contributed by atoms with Crippen molar-refractivity contribution < 1.29 is 38.1 Å². The van der Waals surface area contributed by atoms with Crippen molar-refractivity contribution in [2.75, 3.05) is 25.1 Å². The highest BCUT2D eigenvalue weighted by Crippen LogP contribution is 2.33. The van der Waals surface area contributed by atoms with Crippen molar-refractivity contribution in [3.05, 3.63) is 46.9 Å². The van der Waals surface area contributed by atoms with Crippen LogP contribution in [0.3, 0.4) is 0 Å². The molecule has 0 fully saturated rings. The van der Waals surface area contributed by atoms with Gasteiger partial charge in [0.2, 0.25) is 5.90 Å². The lowest BCUT2D eigenvalue weighted by Gasteiger charge is -2.19. The van der Waals surface area contributed by atoms with E-state index >= 15 is 0 Å². The van der Waals surface area contributed by atoms with Crippen molar-refractivity contribution in [1.82, 2.24) is 25.6 Å². The highest BCUT2D eigenvalue weighted by Gasteiger charge is 2.29. The lowest BCUT2D eigenvalue weighted by Crippen LogP contribution is -2.33. The first-order chi connectivity index (χ1) is 21.5. The number of ether oxygens (including phenoxy) is 4. The van der Waals surface area contributed by atoms with Gasteiger partial charge in [0, 0.05) is 12.7 Å². The third kappa shape index (κ3) is 10.2. The summed E-state index contributed by atoms with van der Waals surface area (Å²) < 4.78 is 21.2. The van der Waals surface area contributed by atoms with Gasteiger partial charge >= 0.3 is 18.2 Å². The fourth-order valence-corrected chi connectivity index (χ4v) is 3.98. The summed E-state index contributed by atoms with van der Waals surface area (Å²) in [7, 11) is 0. The van der Waals surface area contributed by atoms with Gasteiger partial charge < -0.3 is 34.6 Å². The average Bonchev–Trinajstić information content (AvgIpc) is 3.45. The van der Waals surface area contributed by atoms with Gasteiger partial charge in [-0.1, -0.05) is 0 Å². The van der Waals surface area contributed by atoms with Crippen LogP contribution in [0.2, 0.25) is 0 Å². The first kappa shape index (κ1) is 35.3. The SMILES string of the molecule is CCOC(=O)c1nc(C)[nH]c1/C=C1\C(=O)Nc2ccc(/C(=C/NC(=O)OC(C)(C)C)C(=N)OCCCNC(=O)OC(C)(C)C)nc21. The van der Waals surface area contributed by atoms with Crippen LogP contribution in [-0.4, -0.2) is 75.9 Å². The third-order valence-corrected chi connectivity index (χ3v) is 5.74. The molecule has 2 aromatic heterocycles. The van der Waals surface area contributed by atoms with Crippen LogP contribution in [0.5, 0.6) is 0 Å². The number of aromatic nitrogens is 3. The number of esters is 1. The molecule has 248 valence electrons. The van der Waals surface area contributed by atoms with Gasteiger partial charge in [-0.2, -0.15) is 0 Å². The first-order valence-electron chi connectivity index (χ1n) is 14.6. The van der Waals surface area contributed by atoms with Gasteiger partial charge in [0.15, 0.2) is 5.69 Å². The molecule has 0 aliphatic carbocycles. The minimum absolute atomic E-state index is 0.0164. The molecule has 46 heavy (non-hydrogen) atoms. The zero-order valence-electron chi connectivity index (χ0n) is 27.3. The fraction of sp³-hybridized carbons (Fsp3) is 0.452. The summed E-state index contributed by atoms with van der Waals surface area (Å²) >= 11 is 0. The monoisotopic (exact) mass is 639 g/mol. The van der Waals surface area contributed by atoms with Crippen molar-refractivity contribution in [2.45, 2.75) is 73.0 Å². The van der Waals surface area contributed by atoms with Crippen LogP contribution in [0.4, 0.5) is 15.3 Å². The van der Waals surface area contributed by atoms with Gasteiger partial charge in [-0.3, -0.25) is 15.5 Å². The molecule has 1 aliphatic rings. The van der Waals surface area contributed by atoms with Crippen LogP contribution in [0.25, 0.3) is 17.2 Å². The van der Waals surface area contributed by atoms with Gasteiger partial charge in [-0.15, -0.1) is 0 Å². The van der Waals surface area contributed by atoms with E-state index in [0.717, 1.165) is 0 Å². The topological polar surface area (TPSA) is 207 Å². The number of imidazole rings is 1. The summed E-state index contributed by atoms with van der Waals surface area (Å²) in [5.41, 5.74) is -0.0850. The van der Waals surface area contributed by atoms with Crippen LogP contribution >= 0.6 is 0 Å². The summed E-state index contributed by atoms with van der Waals surface area (Å²) in [6.07, 6.45) is 1.70. The molecule has 3 rings (SSSR count). The number of pyridine rings is 1. The largest absolute Gasteiger partial charge is 0.477 e. The van der Waals surface area contributed by atoms with Crippen molar-refractivity contribution in [2.24, 2.45) is 0 Å². The molecular weight excluding hydrogens is 598 g/mol. The Morgan fingerprint density at radius 2 is 1.67 bits per heavy atom. The summed E-state index contributed by atoms with van der Waals surface area (Å²) in [5.74, 6) is -1.01. The number of aryl methyl sites for hydroxylation is 1. The third-order valence-electron chi connectivity index (χ3n) is 5.74. The number of alkyl carbamates (subject to hydrolysis) is 2. The Morgan fingerprint density at radius 3 is 2.33 bits per heavy atom. The molecule has 0 spiro atoms. The summed E-state index contributed by atoms with van der Waals surface area (Å²) in [6, 6.07) is 3.15. The number of rotatable bonds is 10. The minimum atomic E-state index is -0.770. The van der Waals surface area contributed by atoms with Gasteiger partial charge in [-0.05, 0) is 80.0 Å². The van der Waals surface area contributed by atoms with E-state index in [4.69, 9.17) is 24.4 Å². The number of amides is 3. The Hall–Kier alpha value is -5.21. The standard InChI is InChI=1S/C31H41N7O8/c1-9-43-27(40)24-22(35-17(2)36-24)15-18-23-21(38-26(18)39)12-11-20(37-23)19(16-34-29(42)46-31(6,7)8)25(32)44-14-10-13-33-28(41)45-30(3,4)5/h11-12,15-16,32H,9-10,13-14H2,1-8H3,(H,33,41)(H,34,42)(H,35,36)(H,38,39)/b18-15-,19-16-,32-25?. The second-order valence-corrected chi connectivity index (χ2v) is 12.1. The normalized spacial score (nSPS) is 13.9. The molecule has 3 amide bonds. The van der Waals surface area contributed by atoms with E-state index in [0.29, 0.717) is 17.9 Å². The van der Waals surface area contributed by atoms with Crippen LogP contribution in [0.15, 0.2) is 18.3 Å². The van der Waals surface area contributed by atoms with Crippen molar-refractivity contribution in [3.8, 4) is 0 Å². The number of nitrogens with one attached hydrogen (secondary N) is 5. The number of H-pyrrole nitrogens is 1. The molecule has 15 heteroatoms. The number of aromatic amines is 1. The van der Waals surface area contributed by atoms with E-state index in [1.165, 1.54) is 12.3 Å². The molecule has 0 saturated heterocycles. The Kier molecular flexibility index (Phi) is 11.3. The molecular formula is C31H41N7O8. The second-order valence-electron chi connectivity index (χ2n) is 12.1. The molecule has 3 heterocycles. The van der Waals surface area contributed by atoms with E-state index in [9.17, 15) is 19.2 Å². The molecule has 5 N–H and O–H groups in total. The van der Waals surface area contributed by atoms with Crippen LogP contribution in [0, 0.1) is 12.3 Å². The van der Waals surface area contributed by atoms with Crippen molar-refractivity contribution in [1.29, 1.82) is 5.41 Å². The predicted molar refractivity (Wildman–Crippen MR) is 170 cm³/mol.